The van der Waals surface area contributed by atoms with Crippen LogP contribution in [0.25, 0.3) is 0 Å². The van der Waals surface area contributed by atoms with E-state index in [1.165, 1.54) is 11.1 Å². The van der Waals surface area contributed by atoms with Gasteiger partial charge in [0.05, 0.1) is 0 Å². The SMILES string of the molecule is CN1CCC2(CC1)c1ccccc1C[S+]2[O-]. The van der Waals surface area contributed by atoms with E-state index in [2.05, 4.69) is 36.2 Å². The number of likely N-dealkylation sites (tertiary alicyclic amines) is 1. The number of hydrogen-bond donors (Lipinski definition) is 0. The van der Waals surface area contributed by atoms with E-state index in [1.54, 1.807) is 0 Å². The van der Waals surface area contributed by atoms with Gasteiger partial charge < -0.3 is 9.45 Å². The Hall–Kier alpha value is -0.510. The fourth-order valence-electron chi connectivity index (χ4n) is 2.97. The Bertz CT molecular complexity index is 399. The molecule has 1 unspecified atom stereocenters. The maximum atomic E-state index is 12.4. The number of piperidine rings is 1. The molecule has 1 aromatic carbocycles. The molecule has 0 amide bonds. The van der Waals surface area contributed by atoms with Crippen molar-refractivity contribution in [3.63, 3.8) is 0 Å². The Morgan fingerprint density at radius 2 is 1.94 bits per heavy atom. The van der Waals surface area contributed by atoms with Crippen LogP contribution in [0.3, 0.4) is 0 Å². The third-order valence-electron chi connectivity index (χ3n) is 4.03. The van der Waals surface area contributed by atoms with E-state index in [1.807, 2.05) is 0 Å². The maximum absolute atomic E-state index is 12.4. The number of hydrogen-bond acceptors (Lipinski definition) is 2. The van der Waals surface area contributed by atoms with Gasteiger partial charge in [-0.1, -0.05) is 24.3 Å². The Morgan fingerprint density at radius 3 is 2.69 bits per heavy atom. The lowest BCUT2D eigenvalue weighted by Gasteiger charge is -2.38. The first-order chi connectivity index (χ1) is 7.72. The van der Waals surface area contributed by atoms with E-state index in [0.717, 1.165) is 31.7 Å². The lowest BCUT2D eigenvalue weighted by Crippen LogP contribution is -2.43. The predicted molar refractivity (Wildman–Crippen MR) is 66.7 cm³/mol. The molecule has 0 N–H and O–H groups in total. The van der Waals surface area contributed by atoms with Crippen LogP contribution >= 0.6 is 0 Å². The van der Waals surface area contributed by atoms with E-state index < -0.39 is 11.2 Å². The normalized spacial score (nSPS) is 28.2. The summed E-state index contributed by atoms with van der Waals surface area (Å²) in [6, 6.07) is 8.47. The van der Waals surface area contributed by atoms with Crippen LogP contribution < -0.4 is 0 Å². The standard InChI is InChI=1S/C13H17NOS/c1-14-8-6-13(7-9-14)12-5-3-2-4-11(12)10-16(13)15/h2-5H,6-10H2,1H3. The van der Waals surface area contributed by atoms with Crippen molar-refractivity contribution < 1.29 is 4.55 Å². The summed E-state index contributed by atoms with van der Waals surface area (Å²) in [5, 5.41) is 0. The third-order valence-corrected chi connectivity index (χ3v) is 6.10. The van der Waals surface area contributed by atoms with Gasteiger partial charge in [0.15, 0.2) is 4.75 Å². The number of fused-ring (bicyclic) bond motifs is 2. The molecule has 1 fully saturated rings. The zero-order valence-corrected chi connectivity index (χ0v) is 10.4. The summed E-state index contributed by atoms with van der Waals surface area (Å²) in [6.45, 7) is 2.14. The molecule has 2 nitrogen and oxygen atoms in total. The van der Waals surface area contributed by atoms with Gasteiger partial charge in [-0.15, -0.1) is 0 Å². The second kappa shape index (κ2) is 3.76. The summed E-state index contributed by atoms with van der Waals surface area (Å²) < 4.78 is 12.4. The van der Waals surface area contributed by atoms with Gasteiger partial charge in [0.2, 0.25) is 0 Å². The van der Waals surface area contributed by atoms with Crippen LogP contribution in [0.2, 0.25) is 0 Å². The van der Waals surface area contributed by atoms with Crippen LogP contribution in [-0.4, -0.2) is 29.6 Å². The largest absolute Gasteiger partial charge is 0.615 e. The molecule has 86 valence electrons. The first kappa shape index (κ1) is 10.6. The molecule has 2 aliphatic heterocycles. The zero-order valence-electron chi connectivity index (χ0n) is 9.61. The van der Waals surface area contributed by atoms with Crippen LogP contribution in [0.4, 0.5) is 0 Å². The van der Waals surface area contributed by atoms with Gasteiger partial charge in [-0.2, -0.15) is 0 Å². The minimum absolute atomic E-state index is 0.0247. The molecule has 0 aliphatic carbocycles. The molecule has 0 bridgehead atoms. The Labute approximate surface area is 99.8 Å². The van der Waals surface area contributed by atoms with Gasteiger partial charge >= 0.3 is 0 Å². The average Bonchev–Trinajstić information content (AvgIpc) is 2.57. The summed E-state index contributed by atoms with van der Waals surface area (Å²) >= 11 is -0.706. The number of rotatable bonds is 0. The lowest BCUT2D eigenvalue weighted by molar-refractivity contribution is 0.234. The Kier molecular flexibility index (Phi) is 2.50. The summed E-state index contributed by atoms with van der Waals surface area (Å²) in [5.41, 5.74) is 2.67. The highest BCUT2D eigenvalue weighted by molar-refractivity contribution is 7.92. The molecule has 0 radical (unpaired) electrons. The van der Waals surface area contributed by atoms with Crippen molar-refractivity contribution in [1.29, 1.82) is 0 Å². The van der Waals surface area contributed by atoms with Crippen LogP contribution in [0, 0.1) is 0 Å². The van der Waals surface area contributed by atoms with Gasteiger partial charge in [0.1, 0.15) is 5.75 Å². The minimum Gasteiger partial charge on any atom is -0.615 e. The Balaban J connectivity index is 2.01. The quantitative estimate of drug-likeness (QED) is 0.642. The second-order valence-corrected chi connectivity index (χ2v) is 6.71. The van der Waals surface area contributed by atoms with Crippen molar-refractivity contribution in [2.45, 2.75) is 23.3 Å². The smallest absolute Gasteiger partial charge is 0.153 e. The van der Waals surface area contributed by atoms with Gasteiger partial charge in [-0.25, -0.2) is 0 Å². The molecule has 16 heavy (non-hydrogen) atoms. The molecule has 1 aromatic rings. The highest BCUT2D eigenvalue weighted by Gasteiger charge is 2.51. The third kappa shape index (κ3) is 1.42. The summed E-state index contributed by atoms with van der Waals surface area (Å²) in [6.07, 6.45) is 2.10. The predicted octanol–water partition coefficient (Wildman–Crippen LogP) is 1.87. The molecule has 1 atom stereocenters. The molecule has 1 spiro atoms. The van der Waals surface area contributed by atoms with E-state index in [4.69, 9.17) is 0 Å². The van der Waals surface area contributed by atoms with Gasteiger partial charge in [-0.05, 0) is 18.2 Å². The maximum Gasteiger partial charge on any atom is 0.153 e. The molecule has 1 saturated heterocycles. The fraction of sp³-hybridized carbons (Fsp3) is 0.538. The first-order valence-electron chi connectivity index (χ1n) is 5.88. The van der Waals surface area contributed by atoms with Crippen molar-refractivity contribution in [1.82, 2.24) is 4.90 Å². The van der Waals surface area contributed by atoms with Gasteiger partial charge in [0, 0.05) is 37.1 Å². The van der Waals surface area contributed by atoms with Crippen LogP contribution in [0.1, 0.15) is 24.0 Å². The number of benzene rings is 1. The first-order valence-corrected chi connectivity index (χ1v) is 7.20. The van der Waals surface area contributed by atoms with Crippen molar-refractivity contribution in [2.24, 2.45) is 0 Å². The molecule has 0 saturated carbocycles. The summed E-state index contributed by atoms with van der Waals surface area (Å²) in [7, 11) is 2.15. The zero-order chi connectivity index (χ0) is 11.2. The van der Waals surface area contributed by atoms with Crippen molar-refractivity contribution >= 4 is 11.2 Å². The minimum atomic E-state index is -0.706. The summed E-state index contributed by atoms with van der Waals surface area (Å²) in [5.74, 6) is 0.764. The molecule has 3 heteroatoms. The molecule has 3 rings (SSSR count). The Morgan fingerprint density at radius 1 is 1.25 bits per heavy atom. The van der Waals surface area contributed by atoms with Gasteiger partial charge in [-0.3, -0.25) is 0 Å². The fourth-order valence-corrected chi connectivity index (χ4v) is 4.86. The topological polar surface area (TPSA) is 26.3 Å². The van der Waals surface area contributed by atoms with Gasteiger partial charge in [0.25, 0.3) is 0 Å². The highest BCUT2D eigenvalue weighted by atomic mass is 32.2. The summed E-state index contributed by atoms with van der Waals surface area (Å²) in [4.78, 5) is 2.34. The van der Waals surface area contributed by atoms with E-state index in [-0.39, 0.29) is 4.75 Å². The second-order valence-electron chi connectivity index (χ2n) is 4.94. The van der Waals surface area contributed by atoms with Crippen molar-refractivity contribution in [3.8, 4) is 0 Å². The monoisotopic (exact) mass is 235 g/mol. The lowest BCUT2D eigenvalue weighted by atomic mass is 9.86. The van der Waals surface area contributed by atoms with Crippen molar-refractivity contribution in [2.75, 3.05) is 20.1 Å². The van der Waals surface area contributed by atoms with E-state index in [0.29, 0.717) is 0 Å². The molecule has 0 aromatic heterocycles. The van der Waals surface area contributed by atoms with Crippen LogP contribution in [0.15, 0.2) is 24.3 Å². The van der Waals surface area contributed by atoms with Crippen LogP contribution in [-0.2, 0) is 21.7 Å². The number of nitrogens with zero attached hydrogens (tertiary/aromatic N) is 1. The molecule has 2 heterocycles. The molecule has 2 aliphatic rings. The highest BCUT2D eigenvalue weighted by Crippen LogP contribution is 2.48. The van der Waals surface area contributed by atoms with E-state index >= 15 is 0 Å². The van der Waals surface area contributed by atoms with E-state index in [9.17, 15) is 4.55 Å². The van der Waals surface area contributed by atoms with Crippen molar-refractivity contribution in [3.05, 3.63) is 35.4 Å². The average molecular weight is 235 g/mol. The molecular weight excluding hydrogens is 218 g/mol. The van der Waals surface area contributed by atoms with Crippen LogP contribution in [0.5, 0.6) is 0 Å². The molecular formula is C13H17NOS.